The Labute approximate surface area is 292 Å². The summed E-state index contributed by atoms with van der Waals surface area (Å²) in [6.07, 6.45) is 10.0. The van der Waals surface area contributed by atoms with Gasteiger partial charge in [-0.05, 0) is 67.1 Å². The highest BCUT2D eigenvalue weighted by atomic mass is 32.1. The summed E-state index contributed by atoms with van der Waals surface area (Å²) >= 11 is 4.23. The van der Waals surface area contributed by atoms with Gasteiger partial charge in [-0.25, -0.2) is 4.79 Å². The number of carbonyl (C=O) groups is 5. The van der Waals surface area contributed by atoms with Crippen molar-refractivity contribution in [3.8, 4) is 0 Å². The third-order valence-electron chi connectivity index (χ3n) is 7.48. The summed E-state index contributed by atoms with van der Waals surface area (Å²) < 4.78 is 11.0. The van der Waals surface area contributed by atoms with Gasteiger partial charge in [0.25, 0.3) is 17.7 Å². The molecule has 2 aromatic carbocycles. The van der Waals surface area contributed by atoms with Gasteiger partial charge in [-0.15, -0.1) is 5.06 Å². The van der Waals surface area contributed by atoms with Gasteiger partial charge in [0, 0.05) is 37.9 Å². The molecule has 1 heterocycles. The molecular formula is C35H47N5O8S. The number of hydrogen-bond donors (Lipinski definition) is 3. The molecule has 49 heavy (non-hydrogen) atoms. The van der Waals surface area contributed by atoms with Crippen molar-refractivity contribution in [1.29, 1.82) is 0 Å². The zero-order chi connectivity index (χ0) is 35.1. The Morgan fingerprint density at radius 3 is 1.69 bits per heavy atom. The molecule has 0 saturated carbocycles. The van der Waals surface area contributed by atoms with Gasteiger partial charge in [0.15, 0.2) is 0 Å². The molecule has 4 amide bonds. The van der Waals surface area contributed by atoms with Crippen molar-refractivity contribution in [3.05, 3.63) is 59.7 Å². The number of ether oxygens (including phenoxy) is 2. The fourth-order valence-electron chi connectivity index (χ4n) is 4.72. The van der Waals surface area contributed by atoms with E-state index in [1.54, 1.807) is 36.4 Å². The average Bonchev–Trinajstić information content (AvgIpc) is 3.43. The first kappa shape index (κ1) is 39.3. The molecule has 0 aromatic heterocycles. The minimum absolute atomic E-state index is 0.0201. The Bertz CT molecular complexity index is 1360. The zero-order valence-corrected chi connectivity index (χ0v) is 28.8. The Morgan fingerprint density at radius 1 is 0.653 bits per heavy atom. The lowest BCUT2D eigenvalue weighted by atomic mass is 10.1. The molecule has 0 radical (unpaired) electrons. The van der Waals surface area contributed by atoms with Crippen molar-refractivity contribution in [2.24, 2.45) is 10.2 Å². The quantitative estimate of drug-likeness (QED) is 0.0549. The topological polar surface area (TPSA) is 165 Å². The van der Waals surface area contributed by atoms with Crippen LogP contribution in [-0.4, -0.2) is 79.9 Å². The van der Waals surface area contributed by atoms with Crippen LogP contribution in [0.15, 0.2) is 58.8 Å². The number of carbonyl (C=O) groups excluding carboxylic acids is 5. The van der Waals surface area contributed by atoms with Crippen molar-refractivity contribution >= 4 is 53.6 Å². The number of hydrogen-bond acceptors (Lipinski definition) is 11. The lowest BCUT2D eigenvalue weighted by Gasteiger charge is -2.12. The number of hydroxylamine groups is 2. The van der Waals surface area contributed by atoms with E-state index in [1.807, 2.05) is 0 Å². The predicted octanol–water partition coefficient (Wildman–Crippen LogP) is 5.64. The van der Waals surface area contributed by atoms with Gasteiger partial charge in [0.1, 0.15) is 0 Å². The van der Waals surface area contributed by atoms with E-state index < -0.39 is 17.8 Å². The van der Waals surface area contributed by atoms with E-state index in [0.717, 1.165) is 18.6 Å². The molecule has 3 rings (SSSR count). The Hall–Kier alpha value is -4.14. The molecule has 13 nitrogen and oxygen atoms in total. The first-order chi connectivity index (χ1) is 23.9. The summed E-state index contributed by atoms with van der Waals surface area (Å²) in [5.41, 5.74) is 1.58. The number of nitrogens with zero attached hydrogens (tertiary/aromatic N) is 3. The molecule has 1 saturated heterocycles. The second kappa shape index (κ2) is 23.3. The smallest absolute Gasteiger partial charge is 0.363 e. The highest BCUT2D eigenvalue weighted by Crippen LogP contribution is 2.21. The molecule has 266 valence electrons. The fraction of sp³-hybridized carbons (Fsp3) is 0.514. The van der Waals surface area contributed by atoms with Gasteiger partial charge >= 0.3 is 5.97 Å². The van der Waals surface area contributed by atoms with E-state index in [0.29, 0.717) is 67.9 Å². The SMILES string of the molecule is O=C(CCCCCCCCCCS)NCCOCCOCCNC(=O)c1ccc(N=Nc2ccc(C(=O)ON3C(=O)CCC3=O)cc2)cc1. The van der Waals surface area contributed by atoms with Crippen LogP contribution in [-0.2, 0) is 28.7 Å². The third kappa shape index (κ3) is 15.7. The molecule has 1 aliphatic rings. The first-order valence-corrected chi connectivity index (χ1v) is 17.5. The normalized spacial score (nSPS) is 12.9. The van der Waals surface area contributed by atoms with Crippen LogP contribution in [0.5, 0.6) is 0 Å². The molecule has 2 aromatic rings. The van der Waals surface area contributed by atoms with E-state index in [4.69, 9.17) is 14.3 Å². The van der Waals surface area contributed by atoms with Crippen LogP contribution in [0.4, 0.5) is 11.4 Å². The minimum atomic E-state index is -0.826. The largest absolute Gasteiger partial charge is 0.377 e. The number of rotatable bonds is 24. The van der Waals surface area contributed by atoms with Crippen LogP contribution in [0.2, 0.25) is 0 Å². The molecule has 1 aliphatic heterocycles. The number of nitrogens with one attached hydrogen (secondary N) is 2. The second-order valence-electron chi connectivity index (χ2n) is 11.4. The standard InChI is InChI=1S/C35H47N5O8S/c41-31(9-7-5-3-1-2-4-6-8-26-49)36-20-22-46-24-25-47-23-21-37-34(44)27-10-14-29(15-11-27)38-39-30-16-12-28(13-17-30)35(45)48-40-32(42)18-19-33(40)43/h10-17,49H,1-9,18-26H2,(H,36,41)(H,37,44). The van der Waals surface area contributed by atoms with Gasteiger partial charge in [-0.3, -0.25) is 19.2 Å². The molecular weight excluding hydrogens is 650 g/mol. The summed E-state index contributed by atoms with van der Waals surface area (Å²) in [4.78, 5) is 64.7. The Kier molecular flexibility index (Phi) is 18.7. The van der Waals surface area contributed by atoms with E-state index in [2.05, 4.69) is 33.5 Å². The number of imide groups is 1. The van der Waals surface area contributed by atoms with Gasteiger partial charge in [0.2, 0.25) is 5.91 Å². The summed E-state index contributed by atoms with van der Waals surface area (Å²) in [5, 5.41) is 14.4. The van der Waals surface area contributed by atoms with Gasteiger partial charge < -0.3 is 24.9 Å². The van der Waals surface area contributed by atoms with E-state index in [9.17, 15) is 24.0 Å². The van der Waals surface area contributed by atoms with E-state index in [1.165, 1.54) is 50.7 Å². The van der Waals surface area contributed by atoms with Gasteiger partial charge in [-0.2, -0.15) is 22.9 Å². The summed E-state index contributed by atoms with van der Waals surface area (Å²) in [5.74, 6) is -1.14. The van der Waals surface area contributed by atoms with Gasteiger partial charge in [0.05, 0.1) is 43.4 Å². The lowest BCUT2D eigenvalue weighted by molar-refractivity contribution is -0.172. The van der Waals surface area contributed by atoms with E-state index in [-0.39, 0.29) is 30.2 Å². The molecule has 1 fully saturated rings. The lowest BCUT2D eigenvalue weighted by Crippen LogP contribution is -2.32. The average molecular weight is 698 g/mol. The zero-order valence-electron chi connectivity index (χ0n) is 27.9. The highest BCUT2D eigenvalue weighted by molar-refractivity contribution is 7.80. The monoisotopic (exact) mass is 697 g/mol. The highest BCUT2D eigenvalue weighted by Gasteiger charge is 2.33. The summed E-state index contributed by atoms with van der Waals surface area (Å²) in [6, 6.07) is 12.6. The maximum atomic E-state index is 12.4. The van der Waals surface area contributed by atoms with Crippen molar-refractivity contribution in [3.63, 3.8) is 0 Å². The molecule has 0 atom stereocenters. The van der Waals surface area contributed by atoms with Crippen LogP contribution >= 0.6 is 12.6 Å². The van der Waals surface area contributed by atoms with Crippen molar-refractivity contribution in [1.82, 2.24) is 15.7 Å². The number of azo groups is 1. The van der Waals surface area contributed by atoms with Crippen LogP contribution in [0.3, 0.4) is 0 Å². The maximum absolute atomic E-state index is 12.4. The maximum Gasteiger partial charge on any atom is 0.363 e. The molecule has 0 aliphatic carbocycles. The minimum Gasteiger partial charge on any atom is -0.377 e. The fourth-order valence-corrected chi connectivity index (χ4v) is 4.95. The summed E-state index contributed by atoms with van der Waals surface area (Å²) in [6.45, 7) is 2.34. The van der Waals surface area contributed by atoms with Crippen LogP contribution in [0, 0.1) is 0 Å². The number of thiol groups is 1. The number of unbranched alkanes of at least 4 members (excludes halogenated alkanes) is 7. The molecule has 14 heteroatoms. The number of benzene rings is 2. The molecule has 0 unspecified atom stereocenters. The van der Waals surface area contributed by atoms with Crippen molar-refractivity contribution < 1.29 is 38.3 Å². The summed E-state index contributed by atoms with van der Waals surface area (Å²) in [7, 11) is 0. The van der Waals surface area contributed by atoms with E-state index >= 15 is 0 Å². The van der Waals surface area contributed by atoms with Crippen molar-refractivity contribution in [2.75, 3.05) is 45.3 Å². The van der Waals surface area contributed by atoms with Crippen LogP contribution < -0.4 is 10.6 Å². The third-order valence-corrected chi connectivity index (χ3v) is 7.79. The predicted molar refractivity (Wildman–Crippen MR) is 186 cm³/mol. The second-order valence-corrected chi connectivity index (χ2v) is 11.8. The van der Waals surface area contributed by atoms with Crippen LogP contribution in [0.1, 0.15) is 91.3 Å². The Balaban J connectivity index is 1.18. The first-order valence-electron chi connectivity index (χ1n) is 16.9. The number of amides is 4. The Morgan fingerprint density at radius 2 is 1.14 bits per heavy atom. The van der Waals surface area contributed by atoms with Gasteiger partial charge in [-0.1, -0.05) is 38.5 Å². The van der Waals surface area contributed by atoms with Crippen LogP contribution in [0.25, 0.3) is 0 Å². The van der Waals surface area contributed by atoms with Crippen molar-refractivity contribution in [2.45, 2.75) is 70.6 Å². The molecule has 0 bridgehead atoms. The molecule has 0 spiro atoms. The molecule has 2 N–H and O–H groups in total.